The Balaban J connectivity index is 0.00000480. The highest BCUT2D eigenvalue weighted by molar-refractivity contribution is 14.0. The number of nitrogens with zero attached hydrogens (tertiary/aromatic N) is 4. The van der Waals surface area contributed by atoms with Gasteiger partial charge in [0.1, 0.15) is 18.0 Å². The number of benzene rings is 1. The number of carbonyl (C=O) groups is 1. The van der Waals surface area contributed by atoms with Crippen molar-refractivity contribution in [1.29, 1.82) is 0 Å². The Morgan fingerprint density at radius 3 is 2.42 bits per heavy atom. The Kier molecular flexibility index (Phi) is 11.7. The first-order valence-corrected chi connectivity index (χ1v) is 10.1. The van der Waals surface area contributed by atoms with Crippen molar-refractivity contribution in [3.05, 3.63) is 35.9 Å². The molecular weight excluding hydrogens is 509 g/mol. The third kappa shape index (κ3) is 8.56. The lowest BCUT2D eigenvalue weighted by Gasteiger charge is -2.36. The third-order valence-electron chi connectivity index (χ3n) is 4.96. The molecule has 0 spiro atoms. The van der Waals surface area contributed by atoms with Gasteiger partial charge in [-0.05, 0) is 25.1 Å². The van der Waals surface area contributed by atoms with Gasteiger partial charge in [0.15, 0.2) is 5.96 Å². The fourth-order valence-corrected chi connectivity index (χ4v) is 3.15. The molecule has 0 saturated carbocycles. The van der Waals surface area contributed by atoms with E-state index in [1.165, 1.54) is 0 Å². The fourth-order valence-electron chi connectivity index (χ4n) is 3.15. The maximum atomic E-state index is 12.0. The van der Waals surface area contributed by atoms with Crippen LogP contribution in [0.15, 0.2) is 35.3 Å². The van der Waals surface area contributed by atoms with E-state index in [4.69, 9.17) is 9.47 Å². The van der Waals surface area contributed by atoms with Crippen LogP contribution >= 0.6 is 24.0 Å². The van der Waals surface area contributed by atoms with Gasteiger partial charge in [0.05, 0.1) is 14.2 Å². The van der Waals surface area contributed by atoms with Crippen molar-refractivity contribution in [3.63, 3.8) is 0 Å². The van der Waals surface area contributed by atoms with Crippen molar-refractivity contribution in [1.82, 2.24) is 20.0 Å². The topological polar surface area (TPSA) is 69.6 Å². The molecule has 0 atom stereocenters. The standard InChI is InChI=1S/C22H35N5O3.HI/c1-17(2)14-23-22(24-15-21(28)25(3)4)27-11-9-26(10-12-27)16-18-13-19(29-5)7-8-20(18)30-6;/h7-8,13H,1,9-12,14-16H2,2-6H3,(H,23,24);1H. The summed E-state index contributed by atoms with van der Waals surface area (Å²) in [4.78, 5) is 22.6. The summed E-state index contributed by atoms with van der Waals surface area (Å²) in [6, 6.07) is 5.88. The monoisotopic (exact) mass is 545 g/mol. The zero-order valence-electron chi connectivity index (χ0n) is 19.3. The molecule has 1 N–H and O–H groups in total. The molecule has 0 aromatic heterocycles. The largest absolute Gasteiger partial charge is 0.497 e. The first kappa shape index (κ1) is 27.0. The van der Waals surface area contributed by atoms with Crippen LogP contribution in [0.3, 0.4) is 0 Å². The number of hydrogen-bond acceptors (Lipinski definition) is 5. The highest BCUT2D eigenvalue weighted by Gasteiger charge is 2.21. The lowest BCUT2D eigenvalue weighted by atomic mass is 10.1. The summed E-state index contributed by atoms with van der Waals surface area (Å²) in [5.74, 6) is 2.43. The molecule has 1 aliphatic heterocycles. The van der Waals surface area contributed by atoms with Crippen LogP contribution in [0.5, 0.6) is 11.5 Å². The van der Waals surface area contributed by atoms with Crippen molar-refractivity contribution in [2.45, 2.75) is 13.5 Å². The van der Waals surface area contributed by atoms with E-state index in [1.807, 2.05) is 25.1 Å². The second-order valence-electron chi connectivity index (χ2n) is 7.68. The number of likely N-dealkylation sites (N-methyl/N-ethyl adjacent to an activating group) is 1. The van der Waals surface area contributed by atoms with Crippen molar-refractivity contribution in [3.8, 4) is 11.5 Å². The summed E-state index contributed by atoms with van der Waals surface area (Å²) in [6.45, 7) is 10.9. The average molecular weight is 545 g/mol. The maximum absolute atomic E-state index is 12.0. The number of halogens is 1. The molecule has 2 rings (SSSR count). The Labute approximate surface area is 203 Å². The minimum atomic E-state index is -0.0200. The number of amides is 1. The van der Waals surface area contributed by atoms with Crippen LogP contribution in [-0.2, 0) is 11.3 Å². The number of piperazine rings is 1. The molecular formula is C22H36IN5O3. The molecule has 1 aromatic rings. The Morgan fingerprint density at radius 2 is 1.87 bits per heavy atom. The molecule has 1 aliphatic rings. The van der Waals surface area contributed by atoms with Crippen LogP contribution in [0.25, 0.3) is 0 Å². The van der Waals surface area contributed by atoms with Gasteiger partial charge in [-0.2, -0.15) is 0 Å². The Bertz CT molecular complexity index is 762. The number of rotatable bonds is 8. The summed E-state index contributed by atoms with van der Waals surface area (Å²) >= 11 is 0. The molecule has 1 aromatic carbocycles. The van der Waals surface area contributed by atoms with Crippen molar-refractivity contribution in [2.75, 3.05) is 67.6 Å². The molecule has 0 radical (unpaired) electrons. The second-order valence-corrected chi connectivity index (χ2v) is 7.68. The van der Waals surface area contributed by atoms with E-state index < -0.39 is 0 Å². The zero-order valence-corrected chi connectivity index (χ0v) is 21.6. The summed E-state index contributed by atoms with van der Waals surface area (Å²) in [7, 11) is 6.84. The molecule has 1 heterocycles. The summed E-state index contributed by atoms with van der Waals surface area (Å²) in [5.41, 5.74) is 2.13. The predicted molar refractivity (Wildman–Crippen MR) is 136 cm³/mol. The van der Waals surface area contributed by atoms with Gasteiger partial charge in [-0.3, -0.25) is 9.69 Å². The van der Waals surface area contributed by atoms with Crippen LogP contribution in [0.2, 0.25) is 0 Å². The van der Waals surface area contributed by atoms with Gasteiger partial charge in [0.2, 0.25) is 5.91 Å². The quantitative estimate of drug-likeness (QED) is 0.234. The molecule has 174 valence electrons. The minimum Gasteiger partial charge on any atom is -0.497 e. The number of nitrogens with one attached hydrogen (secondary N) is 1. The van der Waals surface area contributed by atoms with Crippen LogP contribution in [0.1, 0.15) is 12.5 Å². The highest BCUT2D eigenvalue weighted by Crippen LogP contribution is 2.25. The number of aliphatic imine (C=N–C) groups is 1. The second kappa shape index (κ2) is 13.4. The van der Waals surface area contributed by atoms with E-state index in [0.717, 1.165) is 61.3 Å². The van der Waals surface area contributed by atoms with Crippen LogP contribution in [0.4, 0.5) is 0 Å². The van der Waals surface area contributed by atoms with E-state index in [9.17, 15) is 4.79 Å². The van der Waals surface area contributed by atoms with E-state index in [0.29, 0.717) is 6.54 Å². The van der Waals surface area contributed by atoms with Crippen LogP contribution in [-0.4, -0.2) is 94.1 Å². The fraction of sp³-hybridized carbons (Fsp3) is 0.545. The number of ether oxygens (including phenoxy) is 2. The van der Waals surface area contributed by atoms with Crippen molar-refractivity contribution in [2.24, 2.45) is 4.99 Å². The van der Waals surface area contributed by atoms with Crippen LogP contribution in [0, 0.1) is 0 Å². The molecule has 31 heavy (non-hydrogen) atoms. The first-order chi connectivity index (χ1) is 14.3. The van der Waals surface area contributed by atoms with E-state index >= 15 is 0 Å². The molecule has 0 unspecified atom stereocenters. The number of guanidine groups is 1. The lowest BCUT2D eigenvalue weighted by Crippen LogP contribution is -2.52. The molecule has 1 saturated heterocycles. The van der Waals surface area contributed by atoms with Gasteiger partial charge >= 0.3 is 0 Å². The average Bonchev–Trinajstić information content (AvgIpc) is 2.74. The smallest absolute Gasteiger partial charge is 0.243 e. The molecule has 0 aliphatic carbocycles. The van der Waals surface area contributed by atoms with Crippen molar-refractivity contribution >= 4 is 35.8 Å². The molecule has 0 bridgehead atoms. The first-order valence-electron chi connectivity index (χ1n) is 10.1. The normalized spacial score (nSPS) is 14.5. The molecule has 9 heteroatoms. The van der Waals surface area contributed by atoms with Gasteiger partial charge in [-0.15, -0.1) is 24.0 Å². The van der Waals surface area contributed by atoms with E-state index in [1.54, 1.807) is 33.2 Å². The van der Waals surface area contributed by atoms with Gasteiger partial charge in [-0.25, -0.2) is 4.99 Å². The summed E-state index contributed by atoms with van der Waals surface area (Å²) in [6.07, 6.45) is 0. The minimum absolute atomic E-state index is 0. The van der Waals surface area contributed by atoms with Crippen LogP contribution < -0.4 is 14.8 Å². The lowest BCUT2D eigenvalue weighted by molar-refractivity contribution is -0.127. The molecule has 1 fully saturated rings. The Hall–Kier alpha value is -2.01. The molecule has 1 amide bonds. The predicted octanol–water partition coefficient (Wildman–Crippen LogP) is 2.05. The Morgan fingerprint density at radius 1 is 1.19 bits per heavy atom. The van der Waals surface area contributed by atoms with E-state index in [-0.39, 0.29) is 36.4 Å². The summed E-state index contributed by atoms with van der Waals surface area (Å²) in [5, 5.41) is 3.33. The highest BCUT2D eigenvalue weighted by atomic mass is 127. The van der Waals surface area contributed by atoms with Gasteiger partial charge in [0, 0.05) is 58.9 Å². The summed E-state index contributed by atoms with van der Waals surface area (Å²) < 4.78 is 10.9. The molecule has 8 nitrogen and oxygen atoms in total. The number of hydrogen-bond donors (Lipinski definition) is 1. The third-order valence-corrected chi connectivity index (χ3v) is 4.96. The number of methoxy groups -OCH3 is 2. The van der Waals surface area contributed by atoms with Crippen molar-refractivity contribution < 1.29 is 14.3 Å². The van der Waals surface area contributed by atoms with Gasteiger partial charge in [-0.1, -0.05) is 12.2 Å². The van der Waals surface area contributed by atoms with Gasteiger partial charge in [0.25, 0.3) is 0 Å². The van der Waals surface area contributed by atoms with Gasteiger partial charge < -0.3 is 24.6 Å². The SMILES string of the molecule is C=C(C)CNC(=NCC(=O)N(C)C)N1CCN(Cc2cc(OC)ccc2OC)CC1.I. The van der Waals surface area contributed by atoms with E-state index in [2.05, 4.69) is 26.7 Å². The number of carbonyl (C=O) groups excluding carboxylic acids is 1. The maximum Gasteiger partial charge on any atom is 0.243 e. The zero-order chi connectivity index (χ0) is 22.1.